The normalized spacial score (nSPS) is 10.2. The van der Waals surface area contributed by atoms with E-state index in [1.807, 2.05) is 0 Å². The first-order chi connectivity index (χ1) is 8.40. The molecule has 0 saturated heterocycles. The van der Waals surface area contributed by atoms with Crippen LogP contribution in [0.1, 0.15) is 0 Å². The number of phenolic OH excluding ortho intramolecular Hbond substituents is 1. The molecule has 2 amide bonds. The second-order valence-corrected chi connectivity index (χ2v) is 3.81. The van der Waals surface area contributed by atoms with Crippen LogP contribution >= 0.6 is 0 Å². The van der Waals surface area contributed by atoms with Gasteiger partial charge in [-0.15, -0.1) is 0 Å². The third-order valence-electron chi connectivity index (χ3n) is 2.02. The van der Waals surface area contributed by atoms with E-state index in [0.717, 1.165) is 4.90 Å². The van der Waals surface area contributed by atoms with Crippen molar-refractivity contribution in [1.29, 1.82) is 0 Å². The predicted molar refractivity (Wildman–Crippen MR) is 65.3 cm³/mol. The fraction of sp³-hybridized carbons (Fsp3) is 0.273. The molecule has 0 aliphatic rings. The number of carbonyl (C=O) groups is 2. The van der Waals surface area contributed by atoms with Gasteiger partial charge < -0.3 is 10.2 Å². The topological polar surface area (TPSA) is 93.1 Å². The molecule has 0 spiro atoms. The summed E-state index contributed by atoms with van der Waals surface area (Å²) in [6.45, 7) is -0.468. The monoisotopic (exact) mass is 253 g/mol. The summed E-state index contributed by atoms with van der Waals surface area (Å²) in [6, 6.07) is 5.13. The maximum absolute atomic E-state index is 11.8. The summed E-state index contributed by atoms with van der Waals surface area (Å²) >= 11 is 0. The van der Waals surface area contributed by atoms with Gasteiger partial charge in [0, 0.05) is 19.8 Å². The van der Waals surface area contributed by atoms with E-state index in [0.29, 0.717) is 5.69 Å². The van der Waals surface area contributed by atoms with Crippen LogP contribution in [0.25, 0.3) is 0 Å². The Morgan fingerprint density at radius 3 is 2.22 bits per heavy atom. The van der Waals surface area contributed by atoms with Crippen LogP contribution in [0, 0.1) is 0 Å². The second-order valence-electron chi connectivity index (χ2n) is 3.81. The average Bonchev–Trinajstić information content (AvgIpc) is 2.26. The van der Waals surface area contributed by atoms with E-state index in [1.165, 1.54) is 29.3 Å². The van der Waals surface area contributed by atoms with Crippen molar-refractivity contribution in [3.8, 4) is 5.75 Å². The van der Waals surface area contributed by atoms with E-state index < -0.39 is 18.5 Å². The molecule has 1 aromatic rings. The zero-order chi connectivity index (χ0) is 13.7. The number of benzene rings is 1. The Labute approximate surface area is 104 Å². The van der Waals surface area contributed by atoms with Gasteiger partial charge in [0.15, 0.2) is 0 Å². The molecule has 0 aliphatic heterocycles. The van der Waals surface area contributed by atoms with E-state index >= 15 is 0 Å². The third kappa shape index (κ3) is 3.95. The van der Waals surface area contributed by atoms with Crippen LogP contribution in [-0.2, 0) is 4.79 Å². The van der Waals surface area contributed by atoms with Gasteiger partial charge in [-0.25, -0.2) is 9.80 Å². The van der Waals surface area contributed by atoms with Crippen molar-refractivity contribution in [2.24, 2.45) is 0 Å². The lowest BCUT2D eigenvalue weighted by Gasteiger charge is -2.23. The Morgan fingerprint density at radius 1 is 1.22 bits per heavy atom. The summed E-state index contributed by atoms with van der Waals surface area (Å²) in [7, 11) is 3.24. The Hall–Kier alpha value is -2.28. The summed E-state index contributed by atoms with van der Waals surface area (Å²) in [5.41, 5.74) is 2.84. The molecular formula is C11H15N3O4. The number of amides is 2. The van der Waals surface area contributed by atoms with Crippen molar-refractivity contribution in [2.75, 3.05) is 25.5 Å². The molecule has 98 valence electrons. The molecule has 0 aromatic heterocycles. The molecule has 7 heteroatoms. The minimum atomic E-state index is -1.13. The van der Waals surface area contributed by atoms with Gasteiger partial charge in [0.2, 0.25) is 0 Å². The lowest BCUT2D eigenvalue weighted by molar-refractivity contribution is -0.135. The molecular weight excluding hydrogens is 238 g/mol. The number of aromatic hydroxyl groups is 1. The molecule has 0 fully saturated rings. The minimum absolute atomic E-state index is 0.0436. The number of carboxylic acids is 1. The number of hydrogen-bond acceptors (Lipinski definition) is 4. The third-order valence-corrected chi connectivity index (χ3v) is 2.02. The summed E-state index contributed by atoms with van der Waals surface area (Å²) in [5.74, 6) is -1.08. The van der Waals surface area contributed by atoms with Crippen molar-refractivity contribution < 1.29 is 19.8 Å². The maximum atomic E-state index is 11.8. The highest BCUT2D eigenvalue weighted by Crippen LogP contribution is 2.18. The number of nitrogens with one attached hydrogen (secondary N) is 1. The Morgan fingerprint density at radius 2 is 1.78 bits per heavy atom. The molecule has 18 heavy (non-hydrogen) atoms. The number of nitrogens with zero attached hydrogens (tertiary/aromatic N) is 2. The molecule has 3 N–H and O–H groups in total. The largest absolute Gasteiger partial charge is 0.508 e. The fourth-order valence-corrected chi connectivity index (χ4v) is 1.30. The van der Waals surface area contributed by atoms with Crippen LogP contribution in [0.3, 0.4) is 0 Å². The van der Waals surface area contributed by atoms with Gasteiger partial charge >= 0.3 is 12.0 Å². The highest BCUT2D eigenvalue weighted by Gasteiger charge is 2.19. The van der Waals surface area contributed by atoms with Crippen LogP contribution < -0.4 is 10.3 Å². The molecule has 0 saturated carbocycles. The number of aliphatic carboxylic acids is 1. The standard InChI is InChI=1S/C11H15N3O4/c1-13(2)12-11(18)14(7-10(16)17)8-3-5-9(15)6-4-8/h3-6,15H,7H2,1-2H3,(H,12,18)(H,16,17). The lowest BCUT2D eigenvalue weighted by Crippen LogP contribution is -2.47. The molecule has 7 nitrogen and oxygen atoms in total. The fourth-order valence-electron chi connectivity index (χ4n) is 1.30. The van der Waals surface area contributed by atoms with Gasteiger partial charge in [0.05, 0.1) is 0 Å². The molecule has 0 bridgehead atoms. The predicted octanol–water partition coefficient (Wildman–Crippen LogP) is 0.469. The van der Waals surface area contributed by atoms with Gasteiger partial charge in [-0.3, -0.25) is 15.1 Å². The van der Waals surface area contributed by atoms with Gasteiger partial charge in [0.1, 0.15) is 12.3 Å². The van der Waals surface area contributed by atoms with Crippen molar-refractivity contribution >= 4 is 17.7 Å². The van der Waals surface area contributed by atoms with E-state index in [2.05, 4.69) is 5.43 Å². The molecule has 1 aromatic carbocycles. The van der Waals surface area contributed by atoms with Crippen LogP contribution in [0.5, 0.6) is 5.75 Å². The molecule has 0 atom stereocenters. The first-order valence-electron chi connectivity index (χ1n) is 5.16. The van der Waals surface area contributed by atoms with Gasteiger partial charge in [0.25, 0.3) is 0 Å². The number of hydrazine groups is 1. The zero-order valence-electron chi connectivity index (χ0n) is 10.1. The first kappa shape index (κ1) is 13.8. The molecule has 0 aliphatic carbocycles. The Kier molecular flexibility index (Phi) is 4.50. The van der Waals surface area contributed by atoms with E-state index in [1.54, 1.807) is 14.1 Å². The highest BCUT2D eigenvalue weighted by molar-refractivity contribution is 5.96. The summed E-state index contributed by atoms with van der Waals surface area (Å²) in [5, 5.41) is 19.4. The van der Waals surface area contributed by atoms with Gasteiger partial charge in [-0.05, 0) is 24.3 Å². The van der Waals surface area contributed by atoms with E-state index in [9.17, 15) is 9.59 Å². The lowest BCUT2D eigenvalue weighted by atomic mass is 10.3. The number of rotatable bonds is 4. The van der Waals surface area contributed by atoms with Crippen molar-refractivity contribution in [3.63, 3.8) is 0 Å². The number of urea groups is 1. The number of hydrogen-bond donors (Lipinski definition) is 3. The van der Waals surface area contributed by atoms with Crippen molar-refractivity contribution in [1.82, 2.24) is 10.4 Å². The Balaban J connectivity index is 2.93. The zero-order valence-corrected chi connectivity index (χ0v) is 10.1. The van der Waals surface area contributed by atoms with Crippen LogP contribution in [0.2, 0.25) is 0 Å². The van der Waals surface area contributed by atoms with Crippen LogP contribution in [0.15, 0.2) is 24.3 Å². The maximum Gasteiger partial charge on any atom is 0.336 e. The summed E-state index contributed by atoms with van der Waals surface area (Å²) < 4.78 is 0. The van der Waals surface area contributed by atoms with Crippen molar-refractivity contribution in [3.05, 3.63) is 24.3 Å². The van der Waals surface area contributed by atoms with E-state index in [4.69, 9.17) is 10.2 Å². The minimum Gasteiger partial charge on any atom is -0.508 e. The van der Waals surface area contributed by atoms with Gasteiger partial charge in [-0.2, -0.15) is 0 Å². The number of carbonyl (C=O) groups excluding carboxylic acids is 1. The quantitative estimate of drug-likeness (QED) is 0.678. The smallest absolute Gasteiger partial charge is 0.336 e. The molecule has 1 rings (SSSR count). The first-order valence-corrected chi connectivity index (χ1v) is 5.16. The number of phenols is 1. The average molecular weight is 253 g/mol. The summed E-state index contributed by atoms with van der Waals surface area (Å²) in [6.07, 6.45) is 0. The summed E-state index contributed by atoms with van der Waals surface area (Å²) in [4.78, 5) is 23.6. The number of anilines is 1. The highest BCUT2D eigenvalue weighted by atomic mass is 16.4. The Bertz CT molecular complexity index is 430. The molecule has 0 heterocycles. The molecule has 0 radical (unpaired) electrons. The van der Waals surface area contributed by atoms with E-state index in [-0.39, 0.29) is 5.75 Å². The van der Waals surface area contributed by atoms with Gasteiger partial charge in [-0.1, -0.05) is 0 Å². The molecule has 0 unspecified atom stereocenters. The van der Waals surface area contributed by atoms with Crippen molar-refractivity contribution in [2.45, 2.75) is 0 Å². The SMILES string of the molecule is CN(C)NC(=O)N(CC(=O)O)c1ccc(O)cc1. The second kappa shape index (κ2) is 5.87. The van der Waals surface area contributed by atoms with Crippen LogP contribution in [-0.4, -0.2) is 47.9 Å². The van der Waals surface area contributed by atoms with Crippen LogP contribution in [0.4, 0.5) is 10.5 Å². The number of carboxylic acid groups (broad SMARTS) is 1.